The molecule has 0 atom stereocenters. The van der Waals surface area contributed by atoms with E-state index < -0.39 is 10.0 Å². The van der Waals surface area contributed by atoms with Gasteiger partial charge in [0.15, 0.2) is 0 Å². The monoisotopic (exact) mass is 445 g/mol. The molecule has 1 aromatic carbocycles. The van der Waals surface area contributed by atoms with Gasteiger partial charge in [-0.2, -0.15) is 14.6 Å². The molecule has 9 nitrogen and oxygen atoms in total. The van der Waals surface area contributed by atoms with E-state index >= 15 is 0 Å². The van der Waals surface area contributed by atoms with Crippen LogP contribution in [0.15, 0.2) is 33.6 Å². The van der Waals surface area contributed by atoms with Crippen LogP contribution in [0.5, 0.6) is 0 Å². The summed E-state index contributed by atoms with van der Waals surface area (Å²) in [4.78, 5) is 6.80. The molecule has 0 spiro atoms. The summed E-state index contributed by atoms with van der Waals surface area (Å²) < 4.78 is 38.3. The quantitative estimate of drug-likeness (QED) is 0.690. The van der Waals surface area contributed by atoms with Gasteiger partial charge in [-0.1, -0.05) is 6.42 Å². The largest absolute Gasteiger partial charge is 0.419 e. The number of nitriles is 1. The third kappa shape index (κ3) is 5.07. The molecule has 1 N–H and O–H groups in total. The second kappa shape index (κ2) is 9.78. The zero-order chi connectivity index (χ0) is 21.7. The number of aromatic nitrogens is 1. The van der Waals surface area contributed by atoms with E-state index in [0.29, 0.717) is 31.1 Å². The lowest BCUT2D eigenvalue weighted by Gasteiger charge is -2.26. The first-order valence-electron chi connectivity index (χ1n) is 10.6. The number of benzene rings is 1. The first kappa shape index (κ1) is 21.8. The predicted octanol–water partition coefficient (Wildman–Crippen LogP) is 2.13. The molecule has 0 amide bonds. The van der Waals surface area contributed by atoms with Crippen molar-refractivity contribution >= 4 is 15.9 Å². The molecule has 10 heteroatoms. The Hall–Kier alpha value is -2.45. The van der Waals surface area contributed by atoms with Crippen molar-refractivity contribution in [1.29, 1.82) is 5.26 Å². The summed E-state index contributed by atoms with van der Waals surface area (Å²) in [7, 11) is -3.49. The van der Waals surface area contributed by atoms with Crippen LogP contribution in [-0.4, -0.2) is 75.1 Å². The number of sulfonamides is 1. The van der Waals surface area contributed by atoms with Crippen molar-refractivity contribution in [2.45, 2.75) is 24.2 Å². The van der Waals surface area contributed by atoms with Gasteiger partial charge in [0.1, 0.15) is 6.07 Å². The minimum absolute atomic E-state index is 0.182. The highest BCUT2D eigenvalue weighted by atomic mass is 32.2. The van der Waals surface area contributed by atoms with Crippen molar-refractivity contribution in [3.63, 3.8) is 0 Å². The van der Waals surface area contributed by atoms with E-state index in [9.17, 15) is 13.7 Å². The lowest BCUT2D eigenvalue weighted by molar-refractivity contribution is 0.0398. The summed E-state index contributed by atoms with van der Waals surface area (Å²) in [6.45, 7) is 5.81. The van der Waals surface area contributed by atoms with E-state index in [-0.39, 0.29) is 16.5 Å². The maximum Gasteiger partial charge on any atom is 0.243 e. The number of anilines is 1. The Morgan fingerprint density at radius 1 is 1.06 bits per heavy atom. The summed E-state index contributed by atoms with van der Waals surface area (Å²) in [5, 5.41) is 12.5. The molecule has 2 aliphatic rings. The maximum atomic E-state index is 12.8. The molecule has 2 aliphatic heterocycles. The Bertz CT molecular complexity index is 1020. The van der Waals surface area contributed by atoms with Gasteiger partial charge in [-0.15, -0.1) is 0 Å². The van der Waals surface area contributed by atoms with Crippen molar-refractivity contribution in [2.24, 2.45) is 0 Å². The van der Waals surface area contributed by atoms with Crippen LogP contribution >= 0.6 is 0 Å². The van der Waals surface area contributed by atoms with Gasteiger partial charge in [-0.25, -0.2) is 8.42 Å². The number of hydrogen-bond acceptors (Lipinski definition) is 8. The average Bonchev–Trinajstić information content (AvgIpc) is 3.24. The Morgan fingerprint density at radius 2 is 1.77 bits per heavy atom. The Morgan fingerprint density at radius 3 is 2.45 bits per heavy atom. The molecule has 166 valence electrons. The van der Waals surface area contributed by atoms with Gasteiger partial charge in [0.2, 0.25) is 27.5 Å². The van der Waals surface area contributed by atoms with Crippen LogP contribution in [0.25, 0.3) is 11.5 Å². The van der Waals surface area contributed by atoms with Gasteiger partial charge in [-0.05, 0) is 37.1 Å². The Balaban J connectivity index is 1.43. The summed E-state index contributed by atoms with van der Waals surface area (Å²) >= 11 is 0. The fraction of sp³-hybridized carbons (Fsp3) is 0.524. The summed E-state index contributed by atoms with van der Waals surface area (Å²) in [5.74, 6) is 0.614. The predicted molar refractivity (Wildman–Crippen MR) is 115 cm³/mol. The van der Waals surface area contributed by atoms with Crippen LogP contribution in [0.2, 0.25) is 0 Å². The molecule has 1 aromatic heterocycles. The smallest absolute Gasteiger partial charge is 0.243 e. The van der Waals surface area contributed by atoms with Gasteiger partial charge in [0, 0.05) is 44.8 Å². The molecular weight excluding hydrogens is 418 g/mol. The standard InChI is InChI=1S/C21H27N5O4S/c22-16-19-21(23-8-11-25-12-14-29-15-13-25)30-20(24-19)17-4-6-18(7-5-17)31(27,28)26-9-2-1-3-10-26/h4-7,23H,1-3,8-15H2. The SMILES string of the molecule is N#Cc1nc(-c2ccc(S(=O)(=O)N3CCCCC3)cc2)oc1NCCN1CCOCC1. The summed E-state index contributed by atoms with van der Waals surface area (Å²) in [6, 6.07) is 8.53. The zero-order valence-corrected chi connectivity index (χ0v) is 18.2. The first-order valence-corrected chi connectivity index (χ1v) is 12.1. The van der Waals surface area contributed by atoms with Crippen molar-refractivity contribution in [2.75, 3.05) is 57.8 Å². The van der Waals surface area contributed by atoms with Gasteiger partial charge < -0.3 is 14.5 Å². The van der Waals surface area contributed by atoms with Crippen molar-refractivity contribution in [3.05, 3.63) is 30.0 Å². The molecule has 31 heavy (non-hydrogen) atoms. The molecule has 0 unspecified atom stereocenters. The Kier molecular flexibility index (Phi) is 6.87. The highest BCUT2D eigenvalue weighted by molar-refractivity contribution is 7.89. The van der Waals surface area contributed by atoms with Crippen LogP contribution in [0, 0.1) is 11.3 Å². The lowest BCUT2D eigenvalue weighted by atomic mass is 10.2. The van der Waals surface area contributed by atoms with Gasteiger partial charge in [0.25, 0.3) is 0 Å². The average molecular weight is 446 g/mol. The second-order valence-electron chi connectivity index (χ2n) is 7.68. The summed E-state index contributed by atoms with van der Waals surface area (Å²) in [6.07, 6.45) is 2.86. The van der Waals surface area contributed by atoms with Gasteiger partial charge >= 0.3 is 0 Å². The third-order valence-corrected chi connectivity index (χ3v) is 7.52. The number of ether oxygens (including phenoxy) is 1. The molecule has 2 saturated heterocycles. The number of oxazole rings is 1. The van der Waals surface area contributed by atoms with Crippen LogP contribution in [0.4, 0.5) is 5.88 Å². The minimum Gasteiger partial charge on any atom is -0.419 e. The van der Waals surface area contributed by atoms with E-state index in [1.165, 1.54) is 0 Å². The number of piperidine rings is 1. The molecule has 3 heterocycles. The van der Waals surface area contributed by atoms with Gasteiger partial charge in [-0.3, -0.25) is 4.90 Å². The van der Waals surface area contributed by atoms with E-state index in [0.717, 1.165) is 52.1 Å². The molecule has 0 aliphatic carbocycles. The van der Waals surface area contributed by atoms with Crippen molar-refractivity contribution in [3.8, 4) is 17.5 Å². The number of nitrogens with one attached hydrogen (secondary N) is 1. The highest BCUT2D eigenvalue weighted by Gasteiger charge is 2.26. The molecule has 0 bridgehead atoms. The Labute approximate surface area is 182 Å². The molecule has 2 aromatic rings. The number of morpholine rings is 1. The van der Waals surface area contributed by atoms with E-state index in [4.69, 9.17) is 9.15 Å². The second-order valence-corrected chi connectivity index (χ2v) is 9.62. The van der Waals surface area contributed by atoms with Crippen LogP contribution in [-0.2, 0) is 14.8 Å². The van der Waals surface area contributed by atoms with Crippen molar-refractivity contribution in [1.82, 2.24) is 14.2 Å². The fourth-order valence-corrected chi connectivity index (χ4v) is 5.33. The molecule has 0 saturated carbocycles. The van der Waals surface area contributed by atoms with Crippen LogP contribution in [0.1, 0.15) is 25.0 Å². The van der Waals surface area contributed by atoms with Crippen LogP contribution < -0.4 is 5.32 Å². The molecule has 2 fully saturated rings. The van der Waals surface area contributed by atoms with E-state index in [1.807, 2.05) is 6.07 Å². The normalized spacial score (nSPS) is 18.5. The van der Waals surface area contributed by atoms with Crippen molar-refractivity contribution < 1.29 is 17.6 Å². The number of rotatable bonds is 7. The van der Waals surface area contributed by atoms with Crippen LogP contribution in [0.3, 0.4) is 0 Å². The van der Waals surface area contributed by atoms with E-state index in [2.05, 4.69) is 15.2 Å². The molecule has 4 rings (SSSR count). The topological polar surface area (TPSA) is 112 Å². The highest BCUT2D eigenvalue weighted by Crippen LogP contribution is 2.27. The van der Waals surface area contributed by atoms with E-state index in [1.54, 1.807) is 28.6 Å². The zero-order valence-electron chi connectivity index (χ0n) is 17.4. The number of hydrogen-bond donors (Lipinski definition) is 1. The van der Waals surface area contributed by atoms with Gasteiger partial charge in [0.05, 0.1) is 18.1 Å². The third-order valence-electron chi connectivity index (χ3n) is 5.60. The minimum atomic E-state index is -3.49. The molecular formula is C21H27N5O4S. The maximum absolute atomic E-state index is 12.8. The summed E-state index contributed by atoms with van der Waals surface area (Å²) in [5.41, 5.74) is 0.803. The fourth-order valence-electron chi connectivity index (χ4n) is 3.82. The molecule has 0 radical (unpaired) electrons. The lowest BCUT2D eigenvalue weighted by Crippen LogP contribution is -2.39. The number of nitrogens with zero attached hydrogens (tertiary/aromatic N) is 4. The first-order chi connectivity index (χ1) is 15.1.